The van der Waals surface area contributed by atoms with Gasteiger partial charge in [0.15, 0.2) is 0 Å². The molecule has 0 saturated carbocycles. The minimum absolute atomic E-state index is 0.699. The quantitative estimate of drug-likeness (QED) is 0.569. The van der Waals surface area contributed by atoms with E-state index in [-0.39, 0.29) is 0 Å². The van der Waals surface area contributed by atoms with Gasteiger partial charge in [0.05, 0.1) is 5.69 Å². The summed E-state index contributed by atoms with van der Waals surface area (Å²) < 4.78 is 2.24. The highest BCUT2D eigenvalue weighted by atomic mass is 35.5. The number of halogens is 1. The summed E-state index contributed by atoms with van der Waals surface area (Å²) >= 11 is 5.99. The van der Waals surface area contributed by atoms with Crippen molar-refractivity contribution >= 4 is 23.5 Å². The lowest BCUT2D eigenvalue weighted by Crippen LogP contribution is -1.98. The molecule has 1 heterocycles. The zero-order chi connectivity index (χ0) is 15.5. The average Bonchev–Trinajstić information content (AvgIpc) is 2.80. The molecule has 0 aliphatic heterocycles. The van der Waals surface area contributed by atoms with E-state index < -0.39 is 0 Å². The Kier molecular flexibility index (Phi) is 4.12. The molecule has 3 rings (SSSR count). The monoisotopic (exact) mass is 308 g/mol. The van der Waals surface area contributed by atoms with E-state index in [2.05, 4.69) is 41.6 Å². The summed E-state index contributed by atoms with van der Waals surface area (Å²) in [6.07, 6.45) is 1.90. The van der Waals surface area contributed by atoms with Gasteiger partial charge >= 0.3 is 0 Å². The van der Waals surface area contributed by atoms with Crippen LogP contribution in [-0.4, -0.2) is 10.8 Å². The molecule has 0 unspecified atom stereocenters. The zero-order valence-electron chi connectivity index (χ0n) is 12.6. The lowest BCUT2D eigenvalue weighted by molar-refractivity contribution is 0.965. The maximum atomic E-state index is 5.99. The Morgan fingerprint density at radius 3 is 2.45 bits per heavy atom. The summed E-state index contributed by atoms with van der Waals surface area (Å²) in [5, 5.41) is 0.699. The predicted octanol–water partition coefficient (Wildman–Crippen LogP) is 5.50. The Hall–Kier alpha value is -2.32. The predicted molar refractivity (Wildman–Crippen MR) is 93.9 cm³/mol. The number of rotatable bonds is 3. The van der Waals surface area contributed by atoms with Crippen LogP contribution in [0.3, 0.4) is 0 Å². The van der Waals surface area contributed by atoms with Crippen LogP contribution in [0.1, 0.15) is 17.0 Å². The molecule has 1 aromatic heterocycles. The number of aromatic nitrogens is 1. The van der Waals surface area contributed by atoms with Gasteiger partial charge in [0, 0.05) is 33.9 Å². The topological polar surface area (TPSA) is 17.3 Å². The third-order valence-corrected chi connectivity index (χ3v) is 3.88. The molecule has 0 fully saturated rings. The van der Waals surface area contributed by atoms with Crippen molar-refractivity contribution in [2.75, 3.05) is 0 Å². The zero-order valence-corrected chi connectivity index (χ0v) is 13.4. The smallest absolute Gasteiger partial charge is 0.0644 e. The molecule has 0 saturated heterocycles. The van der Waals surface area contributed by atoms with E-state index in [0.29, 0.717) is 5.02 Å². The molecule has 0 atom stereocenters. The van der Waals surface area contributed by atoms with Gasteiger partial charge in [0.2, 0.25) is 0 Å². The Bertz CT molecular complexity index is 817. The molecule has 3 aromatic rings. The van der Waals surface area contributed by atoms with Crippen LogP contribution in [0.2, 0.25) is 5.02 Å². The van der Waals surface area contributed by atoms with E-state index in [1.807, 2.05) is 48.7 Å². The molecule has 0 bridgehead atoms. The first-order chi connectivity index (χ1) is 10.6. The molecule has 2 nitrogen and oxygen atoms in total. The summed E-state index contributed by atoms with van der Waals surface area (Å²) in [6.45, 7) is 4.22. The van der Waals surface area contributed by atoms with Crippen LogP contribution in [0.4, 0.5) is 5.69 Å². The summed E-state index contributed by atoms with van der Waals surface area (Å²) in [5.41, 5.74) is 5.50. The Morgan fingerprint density at radius 2 is 1.73 bits per heavy atom. The SMILES string of the molecule is Cc1cc(C=Nc2cccc(Cl)c2)c(C)n1-c1ccccc1. The van der Waals surface area contributed by atoms with Crippen LogP contribution in [0, 0.1) is 13.8 Å². The van der Waals surface area contributed by atoms with Gasteiger partial charge in [-0.15, -0.1) is 0 Å². The third-order valence-electron chi connectivity index (χ3n) is 3.65. The maximum Gasteiger partial charge on any atom is 0.0644 e. The van der Waals surface area contributed by atoms with E-state index in [9.17, 15) is 0 Å². The van der Waals surface area contributed by atoms with Crippen molar-refractivity contribution in [3.8, 4) is 5.69 Å². The molecule has 0 radical (unpaired) electrons. The fourth-order valence-electron chi connectivity index (χ4n) is 2.59. The van der Waals surface area contributed by atoms with Crippen molar-refractivity contribution in [1.29, 1.82) is 0 Å². The van der Waals surface area contributed by atoms with Crippen molar-refractivity contribution in [1.82, 2.24) is 4.57 Å². The lowest BCUT2D eigenvalue weighted by atomic mass is 10.2. The van der Waals surface area contributed by atoms with E-state index in [4.69, 9.17) is 11.6 Å². The van der Waals surface area contributed by atoms with Crippen molar-refractivity contribution in [2.45, 2.75) is 13.8 Å². The van der Waals surface area contributed by atoms with Crippen LogP contribution >= 0.6 is 11.6 Å². The van der Waals surface area contributed by atoms with Crippen LogP contribution < -0.4 is 0 Å². The summed E-state index contributed by atoms with van der Waals surface area (Å²) in [4.78, 5) is 4.52. The number of benzene rings is 2. The van der Waals surface area contributed by atoms with Gasteiger partial charge in [-0.05, 0) is 50.2 Å². The first kappa shape index (κ1) is 14.6. The molecule has 110 valence electrons. The van der Waals surface area contributed by atoms with E-state index >= 15 is 0 Å². The van der Waals surface area contributed by atoms with E-state index in [1.165, 1.54) is 17.1 Å². The van der Waals surface area contributed by atoms with Crippen LogP contribution in [0.5, 0.6) is 0 Å². The third kappa shape index (κ3) is 2.97. The molecule has 0 amide bonds. The van der Waals surface area contributed by atoms with Gasteiger partial charge in [0.1, 0.15) is 0 Å². The second-order valence-electron chi connectivity index (χ2n) is 5.24. The van der Waals surface area contributed by atoms with Crippen molar-refractivity contribution in [2.24, 2.45) is 4.99 Å². The number of nitrogens with zero attached hydrogens (tertiary/aromatic N) is 2. The van der Waals surface area contributed by atoms with Crippen LogP contribution in [0.15, 0.2) is 65.7 Å². The molecule has 0 N–H and O–H groups in total. The molecular weight excluding hydrogens is 292 g/mol. The second-order valence-corrected chi connectivity index (χ2v) is 5.67. The highest BCUT2D eigenvalue weighted by Gasteiger charge is 2.08. The summed E-state index contributed by atoms with van der Waals surface area (Å²) in [7, 11) is 0. The number of para-hydroxylation sites is 1. The molecule has 0 spiro atoms. The largest absolute Gasteiger partial charge is 0.318 e. The number of hydrogen-bond acceptors (Lipinski definition) is 1. The van der Waals surface area contributed by atoms with Gasteiger partial charge < -0.3 is 4.57 Å². The summed E-state index contributed by atoms with van der Waals surface area (Å²) in [6, 6.07) is 20.0. The highest BCUT2D eigenvalue weighted by Crippen LogP contribution is 2.21. The molecule has 0 aliphatic carbocycles. The number of hydrogen-bond donors (Lipinski definition) is 0. The number of aryl methyl sites for hydroxylation is 1. The Labute approximate surface area is 135 Å². The second kappa shape index (κ2) is 6.20. The van der Waals surface area contributed by atoms with E-state index in [1.54, 1.807) is 0 Å². The normalized spacial score (nSPS) is 11.2. The van der Waals surface area contributed by atoms with Crippen molar-refractivity contribution in [3.05, 3.63) is 82.6 Å². The van der Waals surface area contributed by atoms with Crippen LogP contribution in [0.25, 0.3) is 5.69 Å². The van der Waals surface area contributed by atoms with Crippen molar-refractivity contribution in [3.63, 3.8) is 0 Å². The average molecular weight is 309 g/mol. The molecule has 0 aliphatic rings. The summed E-state index contributed by atoms with van der Waals surface area (Å²) in [5.74, 6) is 0. The molecule has 2 aromatic carbocycles. The van der Waals surface area contributed by atoms with Gasteiger partial charge in [-0.3, -0.25) is 4.99 Å². The first-order valence-electron chi connectivity index (χ1n) is 7.19. The molecule has 3 heteroatoms. The van der Waals surface area contributed by atoms with Crippen LogP contribution in [-0.2, 0) is 0 Å². The number of aliphatic imine (C=N–C) groups is 1. The molecular formula is C19H17ClN2. The van der Waals surface area contributed by atoms with Crippen molar-refractivity contribution < 1.29 is 0 Å². The Balaban J connectivity index is 1.96. The highest BCUT2D eigenvalue weighted by molar-refractivity contribution is 6.30. The Morgan fingerprint density at radius 1 is 0.955 bits per heavy atom. The minimum atomic E-state index is 0.699. The van der Waals surface area contributed by atoms with Gasteiger partial charge in [-0.2, -0.15) is 0 Å². The van der Waals surface area contributed by atoms with Gasteiger partial charge in [-0.25, -0.2) is 0 Å². The minimum Gasteiger partial charge on any atom is -0.318 e. The molecule has 22 heavy (non-hydrogen) atoms. The van der Waals surface area contributed by atoms with E-state index in [0.717, 1.165) is 11.3 Å². The maximum absolute atomic E-state index is 5.99. The fraction of sp³-hybridized carbons (Fsp3) is 0.105. The fourth-order valence-corrected chi connectivity index (χ4v) is 2.78. The van der Waals surface area contributed by atoms with Gasteiger partial charge in [-0.1, -0.05) is 35.9 Å². The first-order valence-corrected chi connectivity index (χ1v) is 7.57. The lowest BCUT2D eigenvalue weighted by Gasteiger charge is -2.08. The van der Waals surface area contributed by atoms with Gasteiger partial charge in [0.25, 0.3) is 0 Å². The standard InChI is InChI=1S/C19H17ClN2/c1-14-11-16(13-21-18-8-6-7-17(20)12-18)15(2)22(14)19-9-4-3-5-10-19/h3-13H,1-2H3.